The second kappa shape index (κ2) is 6.18. The second-order valence-corrected chi connectivity index (χ2v) is 3.75. The van der Waals surface area contributed by atoms with E-state index < -0.39 is 6.09 Å². The van der Waals surface area contributed by atoms with Crippen molar-refractivity contribution in [3.8, 4) is 0 Å². The van der Waals surface area contributed by atoms with Gasteiger partial charge in [-0.05, 0) is 27.2 Å². The number of nitrogens with zero attached hydrogens (tertiary/aromatic N) is 2. The molecule has 0 radical (unpaired) electrons. The molecule has 5 nitrogen and oxygen atoms in total. The van der Waals surface area contributed by atoms with E-state index in [0.29, 0.717) is 12.2 Å². The minimum absolute atomic E-state index is 0.162. The molecule has 0 aliphatic heterocycles. The zero-order valence-corrected chi connectivity index (χ0v) is 10.8. The normalized spacial score (nSPS) is 10.1. The van der Waals surface area contributed by atoms with Crippen LogP contribution in [0.4, 0.5) is 4.79 Å². The lowest BCUT2D eigenvalue weighted by Crippen LogP contribution is -2.24. The fraction of sp³-hybridized carbons (Fsp3) is 0.583. The maximum absolute atomic E-state index is 11.2. The van der Waals surface area contributed by atoms with Gasteiger partial charge in [0.15, 0.2) is 0 Å². The molecule has 1 heterocycles. The predicted octanol–water partition coefficient (Wildman–Crippen LogP) is 1.90. The van der Waals surface area contributed by atoms with Crippen molar-refractivity contribution >= 4 is 6.09 Å². The Balaban J connectivity index is 2.72. The summed E-state index contributed by atoms with van der Waals surface area (Å²) in [6.45, 7) is 8.39. The number of alkyl carbamates (subject to hydrolysis) is 1. The van der Waals surface area contributed by atoms with Gasteiger partial charge in [-0.15, -0.1) is 0 Å². The lowest BCUT2D eigenvalue weighted by molar-refractivity contribution is 0.138. The Hall–Kier alpha value is -1.65. The number of amides is 1. The van der Waals surface area contributed by atoms with Gasteiger partial charge in [0, 0.05) is 6.54 Å². The van der Waals surface area contributed by atoms with Crippen LogP contribution in [0.2, 0.25) is 0 Å². The van der Waals surface area contributed by atoms with Crippen molar-refractivity contribution in [1.29, 1.82) is 0 Å². The Morgan fingerprint density at radius 3 is 2.35 bits per heavy atom. The lowest BCUT2D eigenvalue weighted by Gasteiger charge is -2.09. The van der Waals surface area contributed by atoms with Crippen LogP contribution in [0.5, 0.6) is 0 Å². The molecule has 0 spiro atoms. The molecular formula is C12H19N3O2. The zero-order valence-electron chi connectivity index (χ0n) is 10.8. The zero-order chi connectivity index (χ0) is 12.8. The fourth-order valence-electron chi connectivity index (χ4n) is 1.50. The van der Waals surface area contributed by atoms with Crippen LogP contribution in [0.25, 0.3) is 0 Å². The largest absolute Gasteiger partial charge is 0.443 e. The van der Waals surface area contributed by atoms with Crippen LogP contribution >= 0.6 is 0 Å². The van der Waals surface area contributed by atoms with E-state index >= 15 is 0 Å². The van der Waals surface area contributed by atoms with Gasteiger partial charge in [-0.1, -0.05) is 6.92 Å². The van der Waals surface area contributed by atoms with Gasteiger partial charge in [-0.2, -0.15) is 0 Å². The molecule has 17 heavy (non-hydrogen) atoms. The van der Waals surface area contributed by atoms with E-state index in [2.05, 4.69) is 15.3 Å². The minimum atomic E-state index is -0.425. The summed E-state index contributed by atoms with van der Waals surface area (Å²) in [5.41, 5.74) is 3.42. The smallest absolute Gasteiger partial charge is 0.407 e. The maximum atomic E-state index is 11.2. The predicted molar refractivity (Wildman–Crippen MR) is 64.7 cm³/mol. The Labute approximate surface area is 102 Å². The first-order chi connectivity index (χ1) is 8.08. The molecule has 0 aliphatic rings. The standard InChI is InChI=1S/C12H19N3O2/c1-5-10-8(3)15-11(9(4)14-10)7-17-12(16)13-6-2/h5-7H2,1-4H3,(H,13,16). The number of rotatable bonds is 4. The molecular weight excluding hydrogens is 218 g/mol. The van der Waals surface area contributed by atoms with Gasteiger partial charge < -0.3 is 10.1 Å². The van der Waals surface area contributed by atoms with E-state index in [1.165, 1.54) is 0 Å². The fourth-order valence-corrected chi connectivity index (χ4v) is 1.50. The molecule has 5 heteroatoms. The summed E-state index contributed by atoms with van der Waals surface area (Å²) in [5.74, 6) is 0. The lowest BCUT2D eigenvalue weighted by atomic mass is 10.2. The highest BCUT2D eigenvalue weighted by molar-refractivity contribution is 5.66. The van der Waals surface area contributed by atoms with E-state index in [-0.39, 0.29) is 6.61 Å². The van der Waals surface area contributed by atoms with Gasteiger partial charge >= 0.3 is 6.09 Å². The van der Waals surface area contributed by atoms with Crippen LogP contribution in [-0.2, 0) is 17.8 Å². The van der Waals surface area contributed by atoms with E-state index in [9.17, 15) is 4.79 Å². The molecule has 0 saturated heterocycles. The van der Waals surface area contributed by atoms with Gasteiger partial charge in [-0.3, -0.25) is 9.97 Å². The van der Waals surface area contributed by atoms with Crippen molar-refractivity contribution in [3.63, 3.8) is 0 Å². The Morgan fingerprint density at radius 1 is 1.18 bits per heavy atom. The van der Waals surface area contributed by atoms with Crippen molar-refractivity contribution in [2.24, 2.45) is 0 Å². The van der Waals surface area contributed by atoms with Crippen molar-refractivity contribution in [1.82, 2.24) is 15.3 Å². The summed E-state index contributed by atoms with van der Waals surface area (Å²) < 4.78 is 5.03. The summed E-state index contributed by atoms with van der Waals surface area (Å²) in [5, 5.41) is 2.56. The SMILES string of the molecule is CCNC(=O)OCc1nc(C)c(CC)nc1C. The molecule has 0 saturated carbocycles. The molecule has 1 amide bonds. The molecule has 1 aromatic heterocycles. The highest BCUT2D eigenvalue weighted by Crippen LogP contribution is 2.09. The van der Waals surface area contributed by atoms with Crippen LogP contribution < -0.4 is 5.32 Å². The monoisotopic (exact) mass is 237 g/mol. The van der Waals surface area contributed by atoms with E-state index in [1.54, 1.807) is 0 Å². The molecule has 1 rings (SSSR count). The average Bonchev–Trinajstić information content (AvgIpc) is 2.30. The van der Waals surface area contributed by atoms with Crippen molar-refractivity contribution < 1.29 is 9.53 Å². The number of nitrogens with one attached hydrogen (secondary N) is 1. The van der Waals surface area contributed by atoms with Gasteiger partial charge in [-0.25, -0.2) is 4.79 Å². The number of carbonyl (C=O) groups excluding carboxylic acids is 1. The van der Waals surface area contributed by atoms with Crippen LogP contribution in [0.15, 0.2) is 0 Å². The number of aryl methyl sites for hydroxylation is 3. The number of ether oxygens (including phenoxy) is 1. The third-order valence-corrected chi connectivity index (χ3v) is 2.44. The van der Waals surface area contributed by atoms with Crippen molar-refractivity contribution in [2.45, 2.75) is 40.7 Å². The van der Waals surface area contributed by atoms with E-state index in [0.717, 1.165) is 23.5 Å². The molecule has 1 N–H and O–H groups in total. The first-order valence-electron chi connectivity index (χ1n) is 5.82. The van der Waals surface area contributed by atoms with E-state index in [4.69, 9.17) is 4.74 Å². The molecule has 1 aromatic rings. The summed E-state index contributed by atoms with van der Waals surface area (Å²) in [6, 6.07) is 0. The van der Waals surface area contributed by atoms with Crippen molar-refractivity contribution in [2.75, 3.05) is 6.54 Å². The molecule has 94 valence electrons. The molecule has 0 bridgehead atoms. The number of carbonyl (C=O) groups is 1. The van der Waals surface area contributed by atoms with Gasteiger partial charge in [0.1, 0.15) is 6.61 Å². The van der Waals surface area contributed by atoms with Crippen LogP contribution in [0.3, 0.4) is 0 Å². The maximum Gasteiger partial charge on any atom is 0.407 e. The Kier molecular flexibility index (Phi) is 4.87. The Morgan fingerprint density at radius 2 is 1.76 bits per heavy atom. The van der Waals surface area contributed by atoms with Gasteiger partial charge in [0.2, 0.25) is 0 Å². The number of hydrogen-bond acceptors (Lipinski definition) is 4. The summed E-state index contributed by atoms with van der Waals surface area (Å²) in [4.78, 5) is 20.0. The Bertz CT molecular complexity index is 405. The minimum Gasteiger partial charge on any atom is -0.443 e. The van der Waals surface area contributed by atoms with Gasteiger partial charge in [0.25, 0.3) is 0 Å². The van der Waals surface area contributed by atoms with Gasteiger partial charge in [0.05, 0.1) is 22.8 Å². The van der Waals surface area contributed by atoms with Crippen molar-refractivity contribution in [3.05, 3.63) is 22.8 Å². The quantitative estimate of drug-likeness (QED) is 0.868. The molecule has 0 fully saturated rings. The summed E-state index contributed by atoms with van der Waals surface area (Å²) in [7, 11) is 0. The average molecular weight is 237 g/mol. The highest BCUT2D eigenvalue weighted by atomic mass is 16.5. The molecule has 0 unspecified atom stereocenters. The highest BCUT2D eigenvalue weighted by Gasteiger charge is 2.09. The number of aromatic nitrogens is 2. The van der Waals surface area contributed by atoms with Crippen LogP contribution in [0.1, 0.15) is 36.6 Å². The van der Waals surface area contributed by atoms with Crippen LogP contribution in [-0.4, -0.2) is 22.6 Å². The first-order valence-corrected chi connectivity index (χ1v) is 5.82. The molecule has 0 aliphatic carbocycles. The number of hydrogen-bond donors (Lipinski definition) is 1. The summed E-state index contributed by atoms with van der Waals surface area (Å²) in [6.07, 6.45) is 0.433. The topological polar surface area (TPSA) is 64.1 Å². The molecule has 0 atom stereocenters. The molecule has 0 aromatic carbocycles. The summed E-state index contributed by atoms with van der Waals surface area (Å²) >= 11 is 0. The van der Waals surface area contributed by atoms with E-state index in [1.807, 2.05) is 27.7 Å². The third-order valence-electron chi connectivity index (χ3n) is 2.44. The third kappa shape index (κ3) is 3.69. The van der Waals surface area contributed by atoms with Crippen LogP contribution in [0, 0.1) is 13.8 Å². The second-order valence-electron chi connectivity index (χ2n) is 3.75. The first kappa shape index (κ1) is 13.4.